The second-order valence-corrected chi connectivity index (χ2v) is 15.8. The summed E-state index contributed by atoms with van der Waals surface area (Å²) in [6, 6.07) is 25.6. The van der Waals surface area contributed by atoms with Gasteiger partial charge in [-0.2, -0.15) is 0 Å². The number of ether oxygens (including phenoxy) is 1. The van der Waals surface area contributed by atoms with E-state index in [1.165, 1.54) is 11.3 Å². The van der Waals surface area contributed by atoms with E-state index in [0.29, 0.717) is 53.9 Å². The van der Waals surface area contributed by atoms with Crippen LogP contribution in [0.2, 0.25) is 10.0 Å². The largest absolute Gasteiger partial charge is 0.444 e. The molecule has 13 heteroatoms. The number of piperidine rings is 1. The van der Waals surface area contributed by atoms with Gasteiger partial charge in [-0.05, 0) is 76.4 Å². The maximum absolute atomic E-state index is 14.5. The Bertz CT molecular complexity index is 2230. The van der Waals surface area contributed by atoms with E-state index < -0.39 is 23.3 Å². The maximum Gasteiger partial charge on any atom is 0.410 e. The molecule has 0 radical (unpaired) electrons. The minimum absolute atomic E-state index is 0.224. The van der Waals surface area contributed by atoms with Crippen molar-refractivity contribution >= 4 is 57.4 Å². The molecule has 0 aliphatic carbocycles. The second-order valence-electron chi connectivity index (χ2n) is 14.1. The van der Waals surface area contributed by atoms with Crippen LogP contribution in [0.1, 0.15) is 57.3 Å². The molecule has 1 atom stereocenters. The number of likely N-dealkylation sites (tertiary alicyclic amines) is 1. The zero-order valence-corrected chi connectivity index (χ0v) is 31.7. The third-order valence-corrected chi connectivity index (χ3v) is 10.9. The molecule has 52 heavy (non-hydrogen) atoms. The topological polar surface area (TPSA) is 107 Å². The molecule has 1 aliphatic heterocycles. The van der Waals surface area contributed by atoms with Gasteiger partial charge in [-0.15, -0.1) is 16.4 Å². The lowest BCUT2D eigenvalue weighted by Crippen LogP contribution is -2.56. The van der Waals surface area contributed by atoms with E-state index in [1.54, 1.807) is 21.7 Å². The van der Waals surface area contributed by atoms with Crippen LogP contribution in [0, 0.1) is 0 Å². The first kappa shape index (κ1) is 35.7. The number of hydrogen-bond donors (Lipinski definition) is 1. The van der Waals surface area contributed by atoms with Gasteiger partial charge < -0.3 is 19.5 Å². The summed E-state index contributed by atoms with van der Waals surface area (Å²) in [6.45, 7) is 8.49. The maximum atomic E-state index is 14.5. The van der Waals surface area contributed by atoms with Gasteiger partial charge in [-0.1, -0.05) is 76.9 Å². The van der Waals surface area contributed by atoms with Crippen molar-refractivity contribution in [3.8, 4) is 22.5 Å². The lowest BCUT2D eigenvalue weighted by atomic mass is 9.86. The van der Waals surface area contributed by atoms with Gasteiger partial charge in [0.1, 0.15) is 21.8 Å². The number of thiazole rings is 1. The lowest BCUT2D eigenvalue weighted by molar-refractivity contribution is -0.134. The fourth-order valence-electron chi connectivity index (χ4n) is 6.62. The van der Waals surface area contributed by atoms with Gasteiger partial charge in [-0.25, -0.2) is 14.5 Å². The molecule has 3 aromatic heterocycles. The first-order valence-electron chi connectivity index (χ1n) is 17.2. The molecule has 1 aliphatic rings. The molecule has 1 unspecified atom stereocenters. The Morgan fingerprint density at radius 1 is 1.00 bits per heavy atom. The summed E-state index contributed by atoms with van der Waals surface area (Å²) in [7, 11) is 0. The Hall–Kier alpha value is -4.71. The Balaban J connectivity index is 1.18. The Morgan fingerprint density at radius 3 is 2.46 bits per heavy atom. The van der Waals surface area contributed by atoms with Crippen molar-refractivity contribution in [3.05, 3.63) is 111 Å². The highest BCUT2D eigenvalue weighted by atomic mass is 35.5. The predicted molar refractivity (Wildman–Crippen MR) is 206 cm³/mol. The van der Waals surface area contributed by atoms with E-state index >= 15 is 0 Å². The number of hydrogen-bond acceptors (Lipinski definition) is 7. The third-order valence-electron chi connectivity index (χ3n) is 9.29. The van der Waals surface area contributed by atoms with Crippen LogP contribution in [0.15, 0.2) is 90.4 Å². The van der Waals surface area contributed by atoms with Crippen LogP contribution >= 0.6 is 34.5 Å². The minimum Gasteiger partial charge on any atom is -0.444 e. The van der Waals surface area contributed by atoms with E-state index in [0.717, 1.165) is 32.7 Å². The number of rotatable bonds is 8. The first-order valence-corrected chi connectivity index (χ1v) is 18.8. The van der Waals surface area contributed by atoms with E-state index in [-0.39, 0.29) is 5.91 Å². The van der Waals surface area contributed by atoms with Crippen molar-refractivity contribution < 1.29 is 14.3 Å². The SMILES string of the molecule is CC(NC(=O)C1(n2cc(Cn3c(-c4ccccc4)cc4ccccc43)nn2)CCN(C(=O)OC(C)(C)C)CC1)c1nc(-c2ccc(Cl)cc2Cl)cs1. The summed E-state index contributed by atoms with van der Waals surface area (Å²) < 4.78 is 9.57. The number of nitrogens with one attached hydrogen (secondary N) is 1. The van der Waals surface area contributed by atoms with Gasteiger partial charge in [0.05, 0.1) is 29.5 Å². The van der Waals surface area contributed by atoms with E-state index in [1.807, 2.05) is 75.7 Å². The molecule has 1 N–H and O–H groups in total. The molecule has 1 fully saturated rings. The second kappa shape index (κ2) is 14.4. The average molecular weight is 757 g/mol. The number of carbonyl (C=O) groups is 2. The molecule has 2 amide bonds. The van der Waals surface area contributed by atoms with E-state index in [4.69, 9.17) is 32.9 Å². The van der Waals surface area contributed by atoms with E-state index in [9.17, 15) is 9.59 Å². The number of carbonyl (C=O) groups excluding carboxylic acids is 2. The van der Waals surface area contributed by atoms with Crippen LogP contribution in [0.25, 0.3) is 33.4 Å². The summed E-state index contributed by atoms with van der Waals surface area (Å²) in [6.07, 6.45) is 2.09. The molecule has 4 heterocycles. The molecular formula is C39H39Cl2N7O3S. The van der Waals surface area contributed by atoms with Crippen molar-refractivity contribution in [2.75, 3.05) is 13.1 Å². The molecule has 7 rings (SSSR count). The molecule has 10 nitrogen and oxygen atoms in total. The smallest absolute Gasteiger partial charge is 0.410 e. The monoisotopic (exact) mass is 755 g/mol. The van der Waals surface area contributed by atoms with Crippen molar-refractivity contribution in [3.63, 3.8) is 0 Å². The molecule has 1 saturated heterocycles. The average Bonchev–Trinajstić information content (AvgIpc) is 3.88. The summed E-state index contributed by atoms with van der Waals surface area (Å²) >= 11 is 14.0. The zero-order chi connectivity index (χ0) is 36.6. The fraction of sp³-hybridized carbons (Fsp3) is 0.308. The molecule has 0 saturated carbocycles. The summed E-state index contributed by atoms with van der Waals surface area (Å²) in [5.41, 5.74) is 3.65. The Morgan fingerprint density at radius 2 is 1.73 bits per heavy atom. The molecular weight excluding hydrogens is 717 g/mol. The van der Waals surface area contributed by atoms with Crippen LogP contribution in [-0.2, 0) is 21.6 Å². The molecule has 0 spiro atoms. The van der Waals surface area contributed by atoms with Gasteiger partial charge in [0.15, 0.2) is 0 Å². The van der Waals surface area contributed by atoms with Crippen molar-refractivity contribution in [2.24, 2.45) is 0 Å². The van der Waals surface area contributed by atoms with Gasteiger partial charge >= 0.3 is 6.09 Å². The van der Waals surface area contributed by atoms with Crippen LogP contribution < -0.4 is 5.32 Å². The number of amides is 2. The summed E-state index contributed by atoms with van der Waals surface area (Å²) in [5.74, 6) is -0.224. The van der Waals surface area contributed by atoms with Crippen LogP contribution in [0.4, 0.5) is 4.79 Å². The highest BCUT2D eigenvalue weighted by Gasteiger charge is 2.46. The first-order chi connectivity index (χ1) is 24.9. The Kier molecular flexibility index (Phi) is 9.86. The number of para-hydroxylation sites is 1. The number of aromatic nitrogens is 5. The zero-order valence-electron chi connectivity index (χ0n) is 29.3. The van der Waals surface area contributed by atoms with E-state index in [2.05, 4.69) is 50.5 Å². The third kappa shape index (κ3) is 7.30. The molecule has 3 aromatic carbocycles. The highest BCUT2D eigenvalue weighted by molar-refractivity contribution is 7.10. The molecule has 6 aromatic rings. The number of halogens is 2. The van der Waals surface area contributed by atoms with Gasteiger partial charge in [0.2, 0.25) is 5.91 Å². The van der Waals surface area contributed by atoms with Gasteiger partial charge in [0, 0.05) is 45.7 Å². The highest BCUT2D eigenvalue weighted by Crippen LogP contribution is 2.35. The van der Waals surface area contributed by atoms with Gasteiger partial charge in [0.25, 0.3) is 0 Å². The van der Waals surface area contributed by atoms with Crippen molar-refractivity contribution in [2.45, 2.75) is 64.3 Å². The predicted octanol–water partition coefficient (Wildman–Crippen LogP) is 8.98. The number of fused-ring (bicyclic) bond motifs is 1. The standard InChI is InChI=1S/C39H39Cl2N7O3S/c1-25(35-43-32(24-52-35)30-15-14-28(40)21-31(30)41)42-36(49)39(16-18-46(19-17-39)37(50)51-38(2,3)4)48-23-29(44-45-48)22-47-33-13-9-8-12-27(33)20-34(47)26-10-6-5-7-11-26/h5-15,20-21,23-25H,16-19,22H2,1-4H3,(H,42,49). The number of nitrogens with zero attached hydrogens (tertiary/aromatic N) is 6. The van der Waals surface area contributed by atoms with Crippen LogP contribution in [-0.4, -0.2) is 60.1 Å². The quantitative estimate of drug-likeness (QED) is 0.166. The van der Waals surface area contributed by atoms with Crippen LogP contribution in [0.3, 0.4) is 0 Å². The Labute approximate surface area is 316 Å². The van der Waals surface area contributed by atoms with Crippen molar-refractivity contribution in [1.29, 1.82) is 0 Å². The summed E-state index contributed by atoms with van der Waals surface area (Å²) in [4.78, 5) is 34.0. The fourth-order valence-corrected chi connectivity index (χ4v) is 7.95. The van der Waals surface area contributed by atoms with Crippen molar-refractivity contribution in [1.82, 2.24) is 34.8 Å². The normalized spacial score (nSPS) is 15.1. The van der Waals surface area contributed by atoms with Gasteiger partial charge in [-0.3, -0.25) is 4.79 Å². The molecule has 268 valence electrons. The lowest BCUT2D eigenvalue weighted by Gasteiger charge is -2.40. The number of benzene rings is 3. The van der Waals surface area contributed by atoms with Crippen LogP contribution in [0.5, 0.6) is 0 Å². The minimum atomic E-state index is -1.11. The molecule has 0 bridgehead atoms. The summed E-state index contributed by atoms with van der Waals surface area (Å²) in [5, 5.41) is 17.2.